The van der Waals surface area contributed by atoms with Crippen molar-refractivity contribution in [2.75, 3.05) is 20.1 Å². The number of carbonyl (C=O) groups is 2. The van der Waals surface area contributed by atoms with Crippen molar-refractivity contribution < 1.29 is 19.8 Å². The Kier molecular flexibility index (Phi) is 8.91. The topological polar surface area (TPSA) is 102 Å². The van der Waals surface area contributed by atoms with Crippen LogP contribution in [0, 0.1) is 0 Å². The van der Waals surface area contributed by atoms with Crippen LogP contribution in [0.3, 0.4) is 0 Å². The Morgan fingerprint density at radius 2 is 1.80 bits per heavy atom. The smallest absolute Gasteiger partial charge is 0.328 e. The van der Waals surface area contributed by atoms with Gasteiger partial charge in [0, 0.05) is 12.6 Å². The second kappa shape index (κ2) is 9.55. The quantitative estimate of drug-likeness (QED) is 0.455. The van der Waals surface area contributed by atoms with Gasteiger partial charge in [-0.15, -0.1) is 0 Å². The zero-order chi connectivity index (χ0) is 15.7. The summed E-state index contributed by atoms with van der Waals surface area (Å²) in [7, 11) is 2.05. The van der Waals surface area contributed by atoms with E-state index in [1.807, 2.05) is 7.05 Å². The number of amides is 2. The molecule has 0 aliphatic rings. The number of rotatable bonds is 9. The van der Waals surface area contributed by atoms with Crippen molar-refractivity contribution in [2.45, 2.75) is 51.8 Å². The number of aliphatic hydroxyl groups is 1. The fraction of sp³-hybridized carbons (Fsp3) is 0.846. The molecule has 0 aromatic heterocycles. The summed E-state index contributed by atoms with van der Waals surface area (Å²) in [5, 5.41) is 22.8. The number of carboxylic acid groups (broad SMARTS) is 1. The standard InChI is InChI=1S/C13H27N3O4/c1-9(2)16(4)8-6-5-7-14-13(20)15-11(10(3)17)12(18)19/h9-11,17H,5-8H2,1-4H3,(H,18,19)(H2,14,15,20)/t10-,11+/m1/s1. The van der Waals surface area contributed by atoms with Crippen molar-refractivity contribution in [1.29, 1.82) is 0 Å². The van der Waals surface area contributed by atoms with E-state index in [1.165, 1.54) is 6.92 Å². The second-order valence-electron chi connectivity index (χ2n) is 5.24. The van der Waals surface area contributed by atoms with Crippen LogP contribution in [-0.2, 0) is 4.79 Å². The van der Waals surface area contributed by atoms with E-state index in [1.54, 1.807) is 0 Å². The Balaban J connectivity index is 3.81. The molecule has 0 aliphatic carbocycles. The lowest BCUT2D eigenvalue weighted by molar-refractivity contribution is -0.141. The highest BCUT2D eigenvalue weighted by Gasteiger charge is 2.24. The van der Waals surface area contributed by atoms with Crippen LogP contribution in [0.25, 0.3) is 0 Å². The van der Waals surface area contributed by atoms with Crippen molar-refractivity contribution in [2.24, 2.45) is 0 Å². The maximum Gasteiger partial charge on any atom is 0.328 e. The summed E-state index contributed by atoms with van der Waals surface area (Å²) < 4.78 is 0. The lowest BCUT2D eigenvalue weighted by Crippen LogP contribution is -2.51. The van der Waals surface area contributed by atoms with Gasteiger partial charge in [-0.2, -0.15) is 0 Å². The predicted molar refractivity (Wildman–Crippen MR) is 76.6 cm³/mol. The molecule has 0 aromatic carbocycles. The maximum atomic E-state index is 11.5. The SMILES string of the molecule is CC(C)N(C)CCCCNC(=O)N[C@H](C(=O)O)[C@@H](C)O. The van der Waals surface area contributed by atoms with Gasteiger partial charge in [-0.1, -0.05) is 0 Å². The number of hydrogen-bond donors (Lipinski definition) is 4. The van der Waals surface area contributed by atoms with Crippen LogP contribution in [0.1, 0.15) is 33.6 Å². The van der Waals surface area contributed by atoms with E-state index in [4.69, 9.17) is 5.11 Å². The number of nitrogens with zero attached hydrogens (tertiary/aromatic N) is 1. The highest BCUT2D eigenvalue weighted by molar-refractivity contribution is 5.82. The van der Waals surface area contributed by atoms with Gasteiger partial charge in [0.15, 0.2) is 6.04 Å². The minimum absolute atomic E-state index is 0.476. The van der Waals surface area contributed by atoms with Gasteiger partial charge in [0.25, 0.3) is 0 Å². The summed E-state index contributed by atoms with van der Waals surface area (Å²) in [5.74, 6) is -1.26. The van der Waals surface area contributed by atoms with E-state index in [0.29, 0.717) is 12.6 Å². The fourth-order valence-corrected chi connectivity index (χ4v) is 1.53. The van der Waals surface area contributed by atoms with Crippen LogP contribution in [0.4, 0.5) is 4.79 Å². The number of carboxylic acids is 1. The first-order chi connectivity index (χ1) is 9.25. The molecule has 0 rings (SSSR count). The van der Waals surface area contributed by atoms with Gasteiger partial charge in [0.2, 0.25) is 0 Å². The molecule has 0 bridgehead atoms. The molecule has 0 aliphatic heterocycles. The van der Waals surface area contributed by atoms with Crippen LogP contribution < -0.4 is 10.6 Å². The van der Waals surface area contributed by atoms with E-state index in [0.717, 1.165) is 19.4 Å². The highest BCUT2D eigenvalue weighted by Crippen LogP contribution is 1.97. The molecule has 4 N–H and O–H groups in total. The normalized spacial score (nSPS) is 14.2. The molecule has 0 saturated heterocycles. The number of aliphatic hydroxyl groups excluding tert-OH is 1. The lowest BCUT2D eigenvalue weighted by Gasteiger charge is -2.21. The Bertz CT molecular complexity index is 308. The van der Waals surface area contributed by atoms with E-state index in [-0.39, 0.29) is 0 Å². The molecule has 7 heteroatoms. The average Bonchev–Trinajstić information content (AvgIpc) is 2.34. The van der Waals surface area contributed by atoms with Crippen LogP contribution in [0.5, 0.6) is 0 Å². The summed E-state index contributed by atoms with van der Waals surface area (Å²) in [6.07, 6.45) is 0.628. The van der Waals surface area contributed by atoms with Crippen LogP contribution >= 0.6 is 0 Å². The van der Waals surface area contributed by atoms with Crippen molar-refractivity contribution in [3.05, 3.63) is 0 Å². The summed E-state index contributed by atoms with van der Waals surface area (Å²) in [6.45, 7) is 6.98. The third-order valence-electron chi connectivity index (χ3n) is 3.14. The molecule has 0 radical (unpaired) electrons. The third-order valence-corrected chi connectivity index (χ3v) is 3.14. The van der Waals surface area contributed by atoms with Gasteiger partial charge in [-0.25, -0.2) is 9.59 Å². The Labute approximate surface area is 120 Å². The zero-order valence-electron chi connectivity index (χ0n) is 12.7. The number of unbranched alkanes of at least 4 members (excludes halogenated alkanes) is 1. The van der Waals surface area contributed by atoms with Gasteiger partial charge in [0.05, 0.1) is 6.10 Å². The zero-order valence-corrected chi connectivity index (χ0v) is 12.7. The monoisotopic (exact) mass is 289 g/mol. The molecule has 7 nitrogen and oxygen atoms in total. The lowest BCUT2D eigenvalue weighted by atomic mass is 10.2. The molecule has 0 aromatic rings. The Morgan fingerprint density at radius 1 is 1.20 bits per heavy atom. The predicted octanol–water partition coefficient (Wildman–Crippen LogP) is 0.240. The molecule has 0 unspecified atom stereocenters. The van der Waals surface area contributed by atoms with Gasteiger partial charge >= 0.3 is 12.0 Å². The van der Waals surface area contributed by atoms with Gasteiger partial charge in [-0.05, 0) is 47.2 Å². The largest absolute Gasteiger partial charge is 0.480 e. The molecule has 20 heavy (non-hydrogen) atoms. The van der Waals surface area contributed by atoms with Crippen molar-refractivity contribution >= 4 is 12.0 Å². The number of carbonyl (C=O) groups excluding carboxylic acids is 1. The minimum atomic E-state index is -1.29. The molecular weight excluding hydrogens is 262 g/mol. The van der Waals surface area contributed by atoms with Crippen molar-refractivity contribution in [3.8, 4) is 0 Å². The van der Waals surface area contributed by atoms with Gasteiger partial charge in [0.1, 0.15) is 0 Å². The first-order valence-corrected chi connectivity index (χ1v) is 6.91. The number of nitrogens with one attached hydrogen (secondary N) is 2. The number of aliphatic carboxylic acids is 1. The fourth-order valence-electron chi connectivity index (χ4n) is 1.53. The van der Waals surface area contributed by atoms with Crippen molar-refractivity contribution in [3.63, 3.8) is 0 Å². The second-order valence-corrected chi connectivity index (χ2v) is 5.24. The molecule has 2 atom stereocenters. The molecule has 0 fully saturated rings. The van der Waals surface area contributed by atoms with E-state index >= 15 is 0 Å². The van der Waals surface area contributed by atoms with Crippen LogP contribution in [-0.4, -0.2) is 65.4 Å². The minimum Gasteiger partial charge on any atom is -0.480 e. The highest BCUT2D eigenvalue weighted by atomic mass is 16.4. The maximum absolute atomic E-state index is 11.5. The number of hydrogen-bond acceptors (Lipinski definition) is 4. The first-order valence-electron chi connectivity index (χ1n) is 6.91. The van der Waals surface area contributed by atoms with Crippen LogP contribution in [0.2, 0.25) is 0 Å². The average molecular weight is 289 g/mol. The Hall–Kier alpha value is -1.34. The molecular formula is C13H27N3O4. The molecule has 0 saturated carbocycles. The van der Waals surface area contributed by atoms with Gasteiger partial charge < -0.3 is 25.7 Å². The summed E-state index contributed by atoms with van der Waals surface area (Å²) >= 11 is 0. The molecule has 0 spiro atoms. The van der Waals surface area contributed by atoms with E-state index in [9.17, 15) is 14.7 Å². The van der Waals surface area contributed by atoms with Crippen molar-refractivity contribution in [1.82, 2.24) is 15.5 Å². The summed E-state index contributed by atoms with van der Waals surface area (Å²) in [6, 6.07) is -1.37. The van der Waals surface area contributed by atoms with E-state index < -0.39 is 24.1 Å². The third kappa shape index (κ3) is 7.96. The number of urea groups is 1. The van der Waals surface area contributed by atoms with E-state index in [2.05, 4.69) is 29.4 Å². The first kappa shape index (κ1) is 18.7. The molecule has 0 heterocycles. The van der Waals surface area contributed by atoms with Gasteiger partial charge in [-0.3, -0.25) is 0 Å². The summed E-state index contributed by atoms with van der Waals surface area (Å²) in [5.41, 5.74) is 0. The Morgan fingerprint density at radius 3 is 2.25 bits per heavy atom. The van der Waals surface area contributed by atoms with Crippen LogP contribution in [0.15, 0.2) is 0 Å². The summed E-state index contributed by atoms with van der Waals surface area (Å²) in [4.78, 5) is 24.5. The molecule has 2 amide bonds. The molecule has 118 valence electrons.